The molecule has 1 heterocycles. The van der Waals surface area contributed by atoms with Crippen LogP contribution in [0.3, 0.4) is 0 Å². The predicted octanol–water partition coefficient (Wildman–Crippen LogP) is 2.19. The van der Waals surface area contributed by atoms with E-state index in [1.165, 1.54) is 4.90 Å². The lowest BCUT2D eigenvalue weighted by Gasteiger charge is -2.14. The van der Waals surface area contributed by atoms with E-state index in [0.717, 1.165) is 11.4 Å². The van der Waals surface area contributed by atoms with Gasteiger partial charge in [0.05, 0.1) is 5.38 Å². The lowest BCUT2D eigenvalue weighted by Crippen LogP contribution is -2.36. The first-order valence-electron chi connectivity index (χ1n) is 6.55. The summed E-state index contributed by atoms with van der Waals surface area (Å²) in [5.74, 6) is -0.0663. The van der Waals surface area contributed by atoms with Crippen molar-refractivity contribution in [3.8, 4) is 0 Å². The molecule has 1 atom stereocenters. The molecule has 112 valence electrons. The first-order valence-corrected chi connectivity index (χ1v) is 6.99. The van der Waals surface area contributed by atoms with Gasteiger partial charge < -0.3 is 14.8 Å². The molecule has 0 spiro atoms. The Kier molecular flexibility index (Phi) is 5.62. The number of Topliss-reactive ketones (excluding diaryl/α,β-unsaturated/α-hetero) is 1. The molecule has 0 saturated heterocycles. The summed E-state index contributed by atoms with van der Waals surface area (Å²) in [7, 11) is 3.39. The van der Waals surface area contributed by atoms with Crippen LogP contribution < -0.4 is 5.32 Å². The summed E-state index contributed by atoms with van der Waals surface area (Å²) >= 11 is 5.86. The van der Waals surface area contributed by atoms with Crippen molar-refractivity contribution >= 4 is 23.4 Å². The number of rotatable bonds is 5. The first-order chi connectivity index (χ1) is 9.25. The number of halogens is 1. The van der Waals surface area contributed by atoms with Gasteiger partial charge in [-0.25, -0.2) is 4.79 Å². The number of amides is 2. The van der Waals surface area contributed by atoms with Crippen LogP contribution in [0.5, 0.6) is 0 Å². The van der Waals surface area contributed by atoms with Gasteiger partial charge >= 0.3 is 6.03 Å². The van der Waals surface area contributed by atoms with Crippen LogP contribution in [0, 0.1) is 13.8 Å². The monoisotopic (exact) mass is 299 g/mol. The highest BCUT2D eigenvalue weighted by atomic mass is 35.5. The van der Waals surface area contributed by atoms with Crippen LogP contribution in [0.25, 0.3) is 0 Å². The molecule has 0 aromatic carbocycles. The number of nitrogens with zero attached hydrogens (tertiary/aromatic N) is 2. The fraction of sp³-hybridized carbons (Fsp3) is 0.571. The highest BCUT2D eigenvalue weighted by Crippen LogP contribution is 2.18. The topological polar surface area (TPSA) is 54.3 Å². The molecule has 1 aromatic rings. The number of carbonyl (C=O) groups excluding carboxylic acids is 2. The Hall–Kier alpha value is -1.49. The smallest absolute Gasteiger partial charge is 0.316 e. The number of aromatic nitrogens is 1. The number of urea groups is 1. The second-order valence-electron chi connectivity index (χ2n) is 5.04. The predicted molar refractivity (Wildman–Crippen MR) is 80.6 cm³/mol. The number of nitrogens with one attached hydrogen (secondary N) is 1. The second kappa shape index (κ2) is 6.79. The van der Waals surface area contributed by atoms with Crippen LogP contribution in [0.2, 0.25) is 0 Å². The van der Waals surface area contributed by atoms with E-state index in [0.29, 0.717) is 18.7 Å². The molecule has 1 N–H and O–H groups in total. The van der Waals surface area contributed by atoms with Crippen LogP contribution in [0.4, 0.5) is 4.79 Å². The van der Waals surface area contributed by atoms with Gasteiger partial charge in [0, 0.05) is 44.1 Å². The maximum Gasteiger partial charge on any atom is 0.316 e. The molecule has 20 heavy (non-hydrogen) atoms. The van der Waals surface area contributed by atoms with Gasteiger partial charge in [-0.05, 0) is 26.8 Å². The molecule has 1 unspecified atom stereocenters. The average Bonchev–Trinajstić information content (AvgIpc) is 2.64. The van der Waals surface area contributed by atoms with E-state index >= 15 is 0 Å². The van der Waals surface area contributed by atoms with Crippen molar-refractivity contribution in [1.82, 2.24) is 14.8 Å². The van der Waals surface area contributed by atoms with Gasteiger partial charge in [-0.2, -0.15) is 0 Å². The van der Waals surface area contributed by atoms with Crippen molar-refractivity contribution in [2.75, 3.05) is 20.6 Å². The lowest BCUT2D eigenvalue weighted by molar-refractivity contribution is 0.0991. The standard InChI is InChI=1S/C14H22ClN3O2/c1-9-8-12(13(19)10(2)15)11(3)18(9)7-6-16-14(20)17(4)5/h8,10H,6-7H2,1-5H3,(H,16,20). The molecule has 0 aliphatic heterocycles. The van der Waals surface area contributed by atoms with Crippen molar-refractivity contribution in [2.24, 2.45) is 0 Å². The minimum Gasteiger partial charge on any atom is -0.347 e. The van der Waals surface area contributed by atoms with Crippen LogP contribution in [0.15, 0.2) is 6.07 Å². The average molecular weight is 300 g/mol. The van der Waals surface area contributed by atoms with Crippen LogP contribution in [-0.2, 0) is 6.54 Å². The fourth-order valence-corrected chi connectivity index (χ4v) is 2.16. The third kappa shape index (κ3) is 3.76. The molecule has 6 heteroatoms. The second-order valence-corrected chi connectivity index (χ2v) is 5.70. The number of aryl methyl sites for hydroxylation is 1. The Balaban J connectivity index is 2.77. The molecule has 5 nitrogen and oxygen atoms in total. The molecule has 0 fully saturated rings. The quantitative estimate of drug-likeness (QED) is 0.669. The van der Waals surface area contributed by atoms with Crippen molar-refractivity contribution in [1.29, 1.82) is 0 Å². The summed E-state index contributed by atoms with van der Waals surface area (Å²) < 4.78 is 2.02. The molecular weight excluding hydrogens is 278 g/mol. The number of hydrogen-bond donors (Lipinski definition) is 1. The summed E-state index contributed by atoms with van der Waals surface area (Å²) in [5, 5.41) is 2.27. The summed E-state index contributed by atoms with van der Waals surface area (Å²) in [6, 6.07) is 1.72. The van der Waals surface area contributed by atoms with Gasteiger partial charge in [-0.1, -0.05) is 0 Å². The first kappa shape index (κ1) is 16.6. The van der Waals surface area contributed by atoms with E-state index in [2.05, 4.69) is 5.32 Å². The normalized spacial score (nSPS) is 12.1. The number of carbonyl (C=O) groups is 2. The van der Waals surface area contributed by atoms with Gasteiger partial charge in [0.1, 0.15) is 0 Å². The van der Waals surface area contributed by atoms with Gasteiger partial charge in [0.25, 0.3) is 0 Å². The molecule has 1 aromatic heterocycles. The molecule has 1 rings (SSSR count). The minimum atomic E-state index is -0.530. The van der Waals surface area contributed by atoms with Crippen LogP contribution >= 0.6 is 11.6 Å². The van der Waals surface area contributed by atoms with Crippen LogP contribution in [-0.4, -0.2) is 47.3 Å². The Labute approximate surface area is 124 Å². The van der Waals surface area contributed by atoms with Crippen molar-refractivity contribution in [3.05, 3.63) is 23.0 Å². The summed E-state index contributed by atoms with van der Waals surface area (Å²) in [5.41, 5.74) is 2.53. The largest absolute Gasteiger partial charge is 0.347 e. The zero-order chi connectivity index (χ0) is 15.4. The maximum absolute atomic E-state index is 12.0. The SMILES string of the molecule is Cc1cc(C(=O)C(C)Cl)c(C)n1CCNC(=O)N(C)C. The van der Waals surface area contributed by atoms with Crippen molar-refractivity contribution in [3.63, 3.8) is 0 Å². The molecule has 0 radical (unpaired) electrons. The zero-order valence-corrected chi connectivity index (χ0v) is 13.4. The molecule has 2 amide bonds. The van der Waals surface area contributed by atoms with Gasteiger partial charge in [0.15, 0.2) is 5.78 Å². The van der Waals surface area contributed by atoms with E-state index < -0.39 is 5.38 Å². The zero-order valence-electron chi connectivity index (χ0n) is 12.7. The Bertz CT molecular complexity index is 507. The fourth-order valence-electron chi connectivity index (χ4n) is 2.04. The number of hydrogen-bond acceptors (Lipinski definition) is 2. The molecule has 0 aliphatic rings. The molecule has 0 bridgehead atoms. The van der Waals surface area contributed by atoms with Gasteiger partial charge in [-0.3, -0.25) is 4.79 Å². The Morgan fingerprint density at radius 3 is 2.50 bits per heavy atom. The third-order valence-electron chi connectivity index (χ3n) is 3.22. The maximum atomic E-state index is 12.0. The summed E-state index contributed by atoms with van der Waals surface area (Å²) in [4.78, 5) is 24.9. The Morgan fingerprint density at radius 2 is 2.00 bits per heavy atom. The van der Waals surface area contributed by atoms with E-state index in [9.17, 15) is 9.59 Å². The van der Waals surface area contributed by atoms with Crippen molar-refractivity contribution in [2.45, 2.75) is 32.7 Å². The van der Waals surface area contributed by atoms with Gasteiger partial charge in [-0.15, -0.1) is 11.6 Å². The number of ketones is 1. The van der Waals surface area contributed by atoms with Gasteiger partial charge in [0.2, 0.25) is 0 Å². The molecular formula is C14H22ClN3O2. The Morgan fingerprint density at radius 1 is 1.40 bits per heavy atom. The van der Waals surface area contributed by atoms with Crippen molar-refractivity contribution < 1.29 is 9.59 Å². The molecule has 0 saturated carbocycles. The van der Waals surface area contributed by atoms with E-state index in [-0.39, 0.29) is 11.8 Å². The highest BCUT2D eigenvalue weighted by molar-refractivity contribution is 6.33. The van der Waals surface area contributed by atoms with E-state index in [1.54, 1.807) is 21.0 Å². The summed E-state index contributed by atoms with van der Waals surface area (Å²) in [6.45, 7) is 6.65. The third-order valence-corrected chi connectivity index (χ3v) is 3.42. The van der Waals surface area contributed by atoms with E-state index in [4.69, 9.17) is 11.6 Å². The van der Waals surface area contributed by atoms with E-state index in [1.807, 2.05) is 24.5 Å². The minimum absolute atomic E-state index is 0.0663. The summed E-state index contributed by atoms with van der Waals surface area (Å²) in [6.07, 6.45) is 0. The molecule has 0 aliphatic carbocycles. The lowest BCUT2D eigenvalue weighted by atomic mass is 10.1. The van der Waals surface area contributed by atoms with Crippen LogP contribution in [0.1, 0.15) is 28.7 Å². The highest BCUT2D eigenvalue weighted by Gasteiger charge is 2.19. The number of alkyl halides is 1.